The molecule has 222 valence electrons. The molecule has 3 fully saturated rings. The van der Waals surface area contributed by atoms with Crippen LogP contribution in [0.15, 0.2) is 23.4 Å². The largest absolute Gasteiger partial charge is 0.474 e. The standard InChI is InChI=1S/C19H24N8O10P2S2/c20-19-23-16-13(17(29)24-19)25-26-27(16)18-15-14(28)11(35-18)6-33-38(30,40)36-10-4-9(34-12-1-2-21-7-22-12)3-8(10)5-32-39(31,41)37-15/h1-2,7-11,14-15,18,28H,3-6H2,(H,30,40)(H,31,41)(H3,20,23,24,29)/t8-,9-,10+,11-,14-,15-,18-,38+,39-/m1/s1. The van der Waals surface area contributed by atoms with Gasteiger partial charge in [-0.25, -0.2) is 19.1 Å². The number of aromatic nitrogens is 7. The van der Waals surface area contributed by atoms with Crippen LogP contribution in [0.25, 0.3) is 11.2 Å². The van der Waals surface area contributed by atoms with Crippen LogP contribution < -0.4 is 16.0 Å². The Kier molecular flexibility index (Phi) is 7.90. The highest BCUT2D eigenvalue weighted by molar-refractivity contribution is 8.44. The lowest BCUT2D eigenvalue weighted by atomic mass is 10.1. The van der Waals surface area contributed by atoms with E-state index in [1.807, 2.05) is 0 Å². The average molecular weight is 651 g/mol. The van der Waals surface area contributed by atoms with E-state index in [9.17, 15) is 19.0 Å². The van der Waals surface area contributed by atoms with Gasteiger partial charge in [-0.15, -0.1) is 5.10 Å². The van der Waals surface area contributed by atoms with Gasteiger partial charge >= 0.3 is 13.6 Å². The zero-order valence-electron chi connectivity index (χ0n) is 20.8. The first-order valence-corrected chi connectivity index (χ1v) is 17.6. The fourth-order valence-electron chi connectivity index (χ4n) is 4.90. The maximum absolute atomic E-state index is 13.4. The van der Waals surface area contributed by atoms with Crippen LogP contribution in [-0.4, -0.2) is 83.8 Å². The minimum Gasteiger partial charge on any atom is -0.474 e. The van der Waals surface area contributed by atoms with Crippen molar-refractivity contribution in [2.24, 2.45) is 5.92 Å². The van der Waals surface area contributed by atoms with Gasteiger partial charge < -0.3 is 24.8 Å². The van der Waals surface area contributed by atoms with Crippen molar-refractivity contribution in [2.45, 2.75) is 49.6 Å². The van der Waals surface area contributed by atoms with Gasteiger partial charge in [0, 0.05) is 24.6 Å². The smallest absolute Gasteiger partial charge is 0.386 e. The van der Waals surface area contributed by atoms with E-state index in [2.05, 4.69) is 54.7 Å². The summed E-state index contributed by atoms with van der Waals surface area (Å²) in [4.78, 5) is 26.5. The van der Waals surface area contributed by atoms with Crippen LogP contribution >= 0.6 is 38.1 Å². The summed E-state index contributed by atoms with van der Waals surface area (Å²) in [5.74, 6) is -0.377. The first-order chi connectivity index (χ1) is 19.5. The number of hydrogen-bond acceptors (Lipinski definition) is 16. The molecule has 2 aliphatic heterocycles. The summed E-state index contributed by atoms with van der Waals surface area (Å²) in [5, 5.41) is 18.7. The number of thiol groups is 2. The highest BCUT2D eigenvalue weighted by Crippen LogP contribution is 2.60. The van der Waals surface area contributed by atoms with Gasteiger partial charge in [-0.1, -0.05) is 29.7 Å². The number of hydrogen-bond donors (Lipinski definition) is 5. The number of H-pyrrole nitrogens is 1. The first kappa shape index (κ1) is 29.0. The van der Waals surface area contributed by atoms with Crippen LogP contribution in [0.1, 0.15) is 19.1 Å². The van der Waals surface area contributed by atoms with Gasteiger partial charge in [0.15, 0.2) is 17.4 Å². The molecular weight excluding hydrogens is 626 g/mol. The minimum absolute atomic E-state index is 0.0959. The summed E-state index contributed by atoms with van der Waals surface area (Å²) in [6.07, 6.45) is -3.19. The maximum Gasteiger partial charge on any atom is 0.386 e. The molecule has 6 rings (SSSR count). The van der Waals surface area contributed by atoms with Crippen molar-refractivity contribution < 1.29 is 41.8 Å². The fraction of sp³-hybridized carbons (Fsp3) is 0.579. The number of anilines is 1. The predicted octanol–water partition coefficient (Wildman–Crippen LogP) is 0.896. The molecule has 1 aliphatic carbocycles. The molecule has 0 radical (unpaired) electrons. The molecule has 22 heteroatoms. The molecule has 0 amide bonds. The Bertz CT molecular complexity index is 1580. The summed E-state index contributed by atoms with van der Waals surface area (Å²) in [6.45, 7) is -8.90. The number of rotatable bonds is 3. The Morgan fingerprint density at radius 1 is 1.15 bits per heavy atom. The van der Waals surface area contributed by atoms with E-state index in [0.717, 1.165) is 4.68 Å². The predicted molar refractivity (Wildman–Crippen MR) is 144 cm³/mol. The number of aliphatic hydroxyl groups excluding tert-OH is 1. The molecule has 0 spiro atoms. The van der Waals surface area contributed by atoms with Crippen LogP contribution in [0.3, 0.4) is 0 Å². The lowest BCUT2D eigenvalue weighted by molar-refractivity contribution is -0.0548. The van der Waals surface area contributed by atoms with Gasteiger partial charge in [0.05, 0.1) is 19.3 Å². The molecule has 0 unspecified atom stereocenters. The van der Waals surface area contributed by atoms with Gasteiger partial charge in [-0.05, 0) is 6.42 Å². The number of nitrogens with two attached hydrogens (primary N) is 1. The molecule has 41 heavy (non-hydrogen) atoms. The van der Waals surface area contributed by atoms with E-state index < -0.39 is 68.4 Å². The van der Waals surface area contributed by atoms with Gasteiger partial charge in [-0.3, -0.25) is 23.3 Å². The zero-order chi connectivity index (χ0) is 28.9. The van der Waals surface area contributed by atoms with Crippen LogP contribution in [-0.2, 0) is 32.0 Å². The molecule has 4 N–H and O–H groups in total. The molecule has 5 heterocycles. The van der Waals surface area contributed by atoms with Crippen molar-refractivity contribution in [1.29, 1.82) is 0 Å². The monoisotopic (exact) mass is 650 g/mol. The molecule has 3 aliphatic rings. The second-order valence-corrected chi connectivity index (χ2v) is 15.2. The third-order valence-corrected chi connectivity index (χ3v) is 9.97. The highest BCUT2D eigenvalue weighted by Gasteiger charge is 2.51. The fourth-order valence-corrected chi connectivity index (χ4v) is 7.96. The number of ether oxygens (including phenoxy) is 2. The van der Waals surface area contributed by atoms with Crippen molar-refractivity contribution in [3.63, 3.8) is 0 Å². The second-order valence-electron chi connectivity index (χ2n) is 9.47. The quantitative estimate of drug-likeness (QED) is 0.195. The third-order valence-electron chi connectivity index (χ3n) is 6.71. The third kappa shape index (κ3) is 6.17. The topological polar surface area (TPSA) is 238 Å². The molecule has 2 bridgehead atoms. The minimum atomic E-state index is -4.19. The van der Waals surface area contributed by atoms with Crippen molar-refractivity contribution >= 4 is 55.2 Å². The van der Waals surface area contributed by atoms with E-state index in [4.69, 9.17) is 33.3 Å². The Labute approximate surface area is 241 Å². The molecular formula is C19H24N8O10P2S2. The number of nitrogen functional groups attached to an aromatic ring is 1. The van der Waals surface area contributed by atoms with E-state index in [-0.39, 0.29) is 30.1 Å². The molecule has 2 saturated heterocycles. The maximum atomic E-state index is 13.4. The van der Waals surface area contributed by atoms with E-state index in [1.54, 1.807) is 6.07 Å². The number of nitrogens with one attached hydrogen (secondary N) is 1. The zero-order valence-corrected chi connectivity index (χ0v) is 24.4. The average Bonchev–Trinajstić information content (AvgIpc) is 3.57. The van der Waals surface area contributed by atoms with Gasteiger partial charge in [0.2, 0.25) is 11.8 Å². The van der Waals surface area contributed by atoms with E-state index in [0.29, 0.717) is 12.3 Å². The Morgan fingerprint density at radius 3 is 2.71 bits per heavy atom. The number of aliphatic hydroxyl groups is 1. The van der Waals surface area contributed by atoms with Crippen molar-refractivity contribution in [2.75, 3.05) is 18.9 Å². The van der Waals surface area contributed by atoms with Crippen molar-refractivity contribution in [3.8, 4) is 5.88 Å². The summed E-state index contributed by atoms with van der Waals surface area (Å²) >= 11 is 8.22. The van der Waals surface area contributed by atoms with Crippen molar-refractivity contribution in [1.82, 2.24) is 34.9 Å². The Hall–Kier alpha value is -2.12. The highest BCUT2D eigenvalue weighted by atomic mass is 32.7. The second kappa shape index (κ2) is 11.2. The Balaban J connectivity index is 1.28. The summed E-state index contributed by atoms with van der Waals surface area (Å²) < 4.78 is 61.9. The van der Waals surface area contributed by atoms with Gasteiger partial charge in [0.25, 0.3) is 5.56 Å². The summed E-state index contributed by atoms with van der Waals surface area (Å²) in [5.41, 5.74) is 4.74. The molecule has 0 aromatic carbocycles. The van der Waals surface area contributed by atoms with Gasteiger partial charge in [0.1, 0.15) is 30.7 Å². The van der Waals surface area contributed by atoms with E-state index in [1.165, 1.54) is 12.5 Å². The van der Waals surface area contributed by atoms with Crippen LogP contribution in [0.5, 0.6) is 5.88 Å². The lowest BCUT2D eigenvalue weighted by Crippen LogP contribution is -2.35. The Morgan fingerprint density at radius 2 is 1.93 bits per heavy atom. The van der Waals surface area contributed by atoms with E-state index >= 15 is 0 Å². The molecule has 3 aromatic heterocycles. The molecule has 1 saturated carbocycles. The van der Waals surface area contributed by atoms with Crippen LogP contribution in [0.4, 0.5) is 5.95 Å². The van der Waals surface area contributed by atoms with Crippen LogP contribution in [0, 0.1) is 5.92 Å². The van der Waals surface area contributed by atoms with Crippen LogP contribution in [0.2, 0.25) is 0 Å². The molecule has 9 atom stereocenters. The molecule has 3 aromatic rings. The molecule has 18 nitrogen and oxygen atoms in total. The number of fused-ring (bicyclic) bond motifs is 4. The number of aromatic amines is 1. The van der Waals surface area contributed by atoms with Gasteiger partial charge in [-0.2, -0.15) is 9.67 Å². The number of nitrogens with zero attached hydrogens (tertiary/aromatic N) is 6. The summed E-state index contributed by atoms with van der Waals surface area (Å²) in [7, 11) is 0. The SMILES string of the molecule is Nc1nc2c(nnn2[C@@H]2O[C@@H]3CO[P@](=O)(S)O[C@H]4C[C@H](Oc5ccncn5)C[C@@H]4CO[P@@](=O)(S)O[C@@H]2[C@@H]3O)c(=O)[nH]1. The lowest BCUT2D eigenvalue weighted by Gasteiger charge is -2.26. The summed E-state index contributed by atoms with van der Waals surface area (Å²) in [6, 6.07) is 1.59. The van der Waals surface area contributed by atoms with Crippen molar-refractivity contribution in [3.05, 3.63) is 28.9 Å². The first-order valence-electron chi connectivity index (χ1n) is 12.2. The normalized spacial score (nSPS) is 38.1.